The first kappa shape index (κ1) is 17.3. The number of ether oxygens (including phenoxy) is 3. The summed E-state index contributed by atoms with van der Waals surface area (Å²) in [6, 6.07) is 3.46. The third-order valence-electron chi connectivity index (χ3n) is 2.46. The van der Waals surface area contributed by atoms with Crippen molar-refractivity contribution in [2.45, 2.75) is 6.54 Å². The van der Waals surface area contributed by atoms with Gasteiger partial charge >= 0.3 is 0 Å². The first-order valence-electron chi connectivity index (χ1n) is 5.41. The van der Waals surface area contributed by atoms with Gasteiger partial charge in [-0.25, -0.2) is 0 Å². The van der Waals surface area contributed by atoms with Gasteiger partial charge in [0.15, 0.2) is 0 Å². The molecule has 0 saturated carbocycles. The van der Waals surface area contributed by atoms with Gasteiger partial charge in [0.25, 0.3) is 0 Å². The lowest BCUT2D eigenvalue weighted by Gasteiger charge is -2.15. The van der Waals surface area contributed by atoms with Crippen molar-refractivity contribution >= 4 is 18.3 Å². The zero-order valence-electron chi connectivity index (χ0n) is 11.2. The van der Waals surface area contributed by atoms with Crippen LogP contribution in [0.5, 0.6) is 17.2 Å². The van der Waals surface area contributed by atoms with Crippen LogP contribution < -0.4 is 25.3 Å². The lowest BCUT2D eigenvalue weighted by molar-refractivity contribution is -0.119. The number of benzene rings is 1. The third kappa shape index (κ3) is 4.50. The van der Waals surface area contributed by atoms with Crippen molar-refractivity contribution < 1.29 is 19.0 Å². The molecule has 0 fully saturated rings. The van der Waals surface area contributed by atoms with Crippen LogP contribution in [-0.4, -0.2) is 33.8 Å². The number of halogens is 1. The maximum absolute atomic E-state index is 11.2. The fourth-order valence-electron chi connectivity index (χ4n) is 1.51. The highest BCUT2D eigenvalue weighted by atomic mass is 35.5. The molecule has 1 amide bonds. The van der Waals surface area contributed by atoms with Crippen LogP contribution in [-0.2, 0) is 11.3 Å². The molecule has 7 heteroatoms. The van der Waals surface area contributed by atoms with E-state index in [1.807, 2.05) is 0 Å². The predicted molar refractivity (Wildman–Crippen MR) is 74.2 cm³/mol. The molecule has 1 aromatic carbocycles. The van der Waals surface area contributed by atoms with E-state index >= 15 is 0 Å². The minimum Gasteiger partial charge on any atom is -0.496 e. The standard InChI is InChI=1S/C12H18N2O4.ClH/c1-16-8-4-10(17-2)9(11(5-8)18-3)7-14-12(15)6-13;/h4-5H,6-7,13H2,1-3H3,(H,14,15);1H. The largest absolute Gasteiger partial charge is 0.496 e. The van der Waals surface area contributed by atoms with E-state index in [0.29, 0.717) is 17.2 Å². The fourth-order valence-corrected chi connectivity index (χ4v) is 1.51. The van der Waals surface area contributed by atoms with Crippen molar-refractivity contribution in [1.29, 1.82) is 0 Å². The lowest BCUT2D eigenvalue weighted by atomic mass is 10.1. The molecule has 0 unspecified atom stereocenters. The Morgan fingerprint density at radius 1 is 1.16 bits per heavy atom. The van der Waals surface area contributed by atoms with E-state index in [-0.39, 0.29) is 31.4 Å². The topological polar surface area (TPSA) is 82.8 Å². The van der Waals surface area contributed by atoms with Gasteiger partial charge in [-0.3, -0.25) is 4.79 Å². The van der Waals surface area contributed by atoms with Crippen molar-refractivity contribution in [3.05, 3.63) is 17.7 Å². The molecule has 0 aliphatic heterocycles. The second-order valence-corrected chi connectivity index (χ2v) is 3.49. The van der Waals surface area contributed by atoms with E-state index in [0.717, 1.165) is 5.56 Å². The number of rotatable bonds is 6. The molecule has 0 aliphatic rings. The van der Waals surface area contributed by atoms with Crippen LogP contribution in [0.3, 0.4) is 0 Å². The number of amides is 1. The molecule has 19 heavy (non-hydrogen) atoms. The molecule has 0 aromatic heterocycles. The molecule has 1 aromatic rings. The molecule has 0 saturated heterocycles. The first-order valence-corrected chi connectivity index (χ1v) is 5.41. The molecule has 108 valence electrons. The normalized spacial score (nSPS) is 9.26. The van der Waals surface area contributed by atoms with Crippen molar-refractivity contribution in [1.82, 2.24) is 5.32 Å². The van der Waals surface area contributed by atoms with Gasteiger partial charge in [-0.2, -0.15) is 0 Å². The van der Waals surface area contributed by atoms with Gasteiger partial charge in [0.1, 0.15) is 17.2 Å². The van der Waals surface area contributed by atoms with Crippen LogP contribution in [0.25, 0.3) is 0 Å². The van der Waals surface area contributed by atoms with Crippen LogP contribution in [0.2, 0.25) is 0 Å². The number of carbonyl (C=O) groups is 1. The van der Waals surface area contributed by atoms with Crippen LogP contribution in [0.4, 0.5) is 0 Å². The molecular weight excluding hydrogens is 272 g/mol. The van der Waals surface area contributed by atoms with Gasteiger partial charge in [-0.1, -0.05) is 0 Å². The van der Waals surface area contributed by atoms with Crippen LogP contribution in [0, 0.1) is 0 Å². The Morgan fingerprint density at radius 3 is 2.05 bits per heavy atom. The van der Waals surface area contributed by atoms with Crippen molar-refractivity contribution in [2.24, 2.45) is 5.73 Å². The molecule has 0 aliphatic carbocycles. The van der Waals surface area contributed by atoms with Crippen LogP contribution in [0.15, 0.2) is 12.1 Å². The number of nitrogens with two attached hydrogens (primary N) is 1. The molecule has 0 bridgehead atoms. The second-order valence-electron chi connectivity index (χ2n) is 3.49. The monoisotopic (exact) mass is 290 g/mol. The highest BCUT2D eigenvalue weighted by molar-refractivity contribution is 5.85. The summed E-state index contributed by atoms with van der Waals surface area (Å²) in [6.45, 7) is 0.229. The molecule has 0 radical (unpaired) electrons. The van der Waals surface area contributed by atoms with Gasteiger partial charge in [-0.15, -0.1) is 12.4 Å². The number of methoxy groups -OCH3 is 3. The zero-order valence-corrected chi connectivity index (χ0v) is 12.0. The molecule has 3 N–H and O–H groups in total. The molecule has 0 heterocycles. The lowest BCUT2D eigenvalue weighted by Crippen LogP contribution is -2.30. The summed E-state index contributed by atoms with van der Waals surface area (Å²) in [7, 11) is 4.65. The summed E-state index contributed by atoms with van der Waals surface area (Å²) >= 11 is 0. The van der Waals surface area contributed by atoms with E-state index in [1.54, 1.807) is 33.5 Å². The van der Waals surface area contributed by atoms with Crippen molar-refractivity contribution in [3.63, 3.8) is 0 Å². The quantitative estimate of drug-likeness (QED) is 0.806. The van der Waals surface area contributed by atoms with E-state index < -0.39 is 0 Å². The average Bonchev–Trinajstić information content (AvgIpc) is 2.43. The smallest absolute Gasteiger partial charge is 0.234 e. The highest BCUT2D eigenvalue weighted by Crippen LogP contribution is 2.33. The molecule has 1 rings (SSSR count). The Kier molecular flexibility index (Phi) is 7.71. The summed E-state index contributed by atoms with van der Waals surface area (Å²) in [5.74, 6) is 1.56. The summed E-state index contributed by atoms with van der Waals surface area (Å²) in [6.07, 6.45) is 0. The van der Waals surface area contributed by atoms with Crippen LogP contribution in [0.1, 0.15) is 5.56 Å². The van der Waals surface area contributed by atoms with Crippen molar-refractivity contribution in [2.75, 3.05) is 27.9 Å². The molecular formula is C12H19ClN2O4. The summed E-state index contributed by atoms with van der Waals surface area (Å²) in [4.78, 5) is 11.2. The molecule has 6 nitrogen and oxygen atoms in total. The number of hydrogen-bond acceptors (Lipinski definition) is 5. The number of nitrogens with one attached hydrogen (secondary N) is 1. The van der Waals surface area contributed by atoms with E-state index in [9.17, 15) is 4.79 Å². The highest BCUT2D eigenvalue weighted by Gasteiger charge is 2.13. The maximum atomic E-state index is 11.2. The third-order valence-corrected chi connectivity index (χ3v) is 2.46. The van der Waals surface area contributed by atoms with Gasteiger partial charge in [0.05, 0.1) is 40.0 Å². The number of carbonyl (C=O) groups excluding carboxylic acids is 1. The van der Waals surface area contributed by atoms with E-state index in [1.165, 1.54) is 0 Å². The first-order chi connectivity index (χ1) is 8.65. The number of hydrogen-bond donors (Lipinski definition) is 2. The molecule has 0 atom stereocenters. The zero-order chi connectivity index (χ0) is 13.5. The Balaban J connectivity index is 0.00000324. The van der Waals surface area contributed by atoms with Gasteiger partial charge < -0.3 is 25.3 Å². The summed E-state index contributed by atoms with van der Waals surface area (Å²) in [5.41, 5.74) is 5.97. The van der Waals surface area contributed by atoms with Gasteiger partial charge in [0, 0.05) is 12.1 Å². The van der Waals surface area contributed by atoms with Crippen molar-refractivity contribution in [3.8, 4) is 17.2 Å². The van der Waals surface area contributed by atoms with Gasteiger partial charge in [0.2, 0.25) is 5.91 Å². The fraction of sp³-hybridized carbons (Fsp3) is 0.417. The van der Waals surface area contributed by atoms with Gasteiger partial charge in [-0.05, 0) is 0 Å². The second kappa shape index (κ2) is 8.44. The minimum absolute atomic E-state index is 0. The Morgan fingerprint density at radius 2 is 1.68 bits per heavy atom. The molecule has 0 spiro atoms. The van der Waals surface area contributed by atoms with E-state index in [2.05, 4.69) is 5.32 Å². The summed E-state index contributed by atoms with van der Waals surface area (Å²) in [5, 5.41) is 2.67. The SMILES string of the molecule is COc1cc(OC)c(CNC(=O)CN)c(OC)c1.Cl. The Labute approximate surface area is 118 Å². The summed E-state index contributed by atoms with van der Waals surface area (Å²) < 4.78 is 15.6. The maximum Gasteiger partial charge on any atom is 0.234 e. The van der Waals surface area contributed by atoms with Crippen LogP contribution >= 0.6 is 12.4 Å². The predicted octanol–water partition coefficient (Wildman–Crippen LogP) is 0.709. The van der Waals surface area contributed by atoms with E-state index in [4.69, 9.17) is 19.9 Å². The minimum atomic E-state index is -0.241. The Bertz CT molecular complexity index is 401. The average molecular weight is 291 g/mol. The Hall–Kier alpha value is -1.66.